The second kappa shape index (κ2) is 3.45. The lowest BCUT2D eigenvalue weighted by Gasteiger charge is -2.09. The first kappa shape index (κ1) is 9.09. The predicted molar refractivity (Wildman–Crippen MR) is 60.2 cm³/mol. The average Bonchev–Trinajstić information content (AvgIpc) is 2.48. The minimum atomic E-state index is 0.353. The molecule has 0 saturated heterocycles. The SMILES string of the molecule is OC1=CC=C2N=c3ccccc3=NC=C2C1. The van der Waals surface area contributed by atoms with Crippen molar-refractivity contribution in [3.8, 4) is 0 Å². The number of aliphatic hydroxyl groups is 1. The fourth-order valence-corrected chi connectivity index (χ4v) is 1.79. The molecule has 1 aliphatic carbocycles. The fraction of sp³-hybridized carbons (Fsp3) is 0.0769. The van der Waals surface area contributed by atoms with Gasteiger partial charge in [0, 0.05) is 18.2 Å². The lowest BCUT2D eigenvalue weighted by atomic mass is 10.0. The lowest BCUT2D eigenvalue weighted by Crippen LogP contribution is -2.23. The fourth-order valence-electron chi connectivity index (χ4n) is 1.79. The average molecular weight is 210 g/mol. The van der Waals surface area contributed by atoms with Gasteiger partial charge in [-0.05, 0) is 24.3 Å². The van der Waals surface area contributed by atoms with Gasteiger partial charge in [-0.25, -0.2) is 4.99 Å². The summed E-state index contributed by atoms with van der Waals surface area (Å²) in [6.07, 6.45) is 5.80. The Morgan fingerprint density at radius 3 is 2.75 bits per heavy atom. The highest BCUT2D eigenvalue weighted by molar-refractivity contribution is 5.40. The molecule has 0 fully saturated rings. The Bertz CT molecular complexity index is 651. The minimum absolute atomic E-state index is 0.353. The monoisotopic (exact) mass is 210 g/mol. The molecule has 1 aromatic carbocycles. The maximum Gasteiger partial charge on any atom is 0.0968 e. The van der Waals surface area contributed by atoms with E-state index in [2.05, 4.69) is 9.98 Å². The maximum absolute atomic E-state index is 9.45. The van der Waals surface area contributed by atoms with Crippen molar-refractivity contribution in [1.82, 2.24) is 0 Å². The Kier molecular flexibility index (Phi) is 1.96. The number of benzene rings is 1. The van der Waals surface area contributed by atoms with Gasteiger partial charge in [0.2, 0.25) is 0 Å². The van der Waals surface area contributed by atoms with E-state index in [9.17, 15) is 5.11 Å². The van der Waals surface area contributed by atoms with Gasteiger partial charge in [0.05, 0.1) is 22.2 Å². The van der Waals surface area contributed by atoms with Crippen LogP contribution in [-0.2, 0) is 0 Å². The third kappa shape index (κ3) is 1.46. The van der Waals surface area contributed by atoms with Crippen LogP contribution in [0.5, 0.6) is 0 Å². The third-order valence-corrected chi connectivity index (χ3v) is 2.62. The molecule has 3 heteroatoms. The molecule has 0 amide bonds. The smallest absolute Gasteiger partial charge is 0.0968 e. The van der Waals surface area contributed by atoms with Gasteiger partial charge in [0.25, 0.3) is 0 Å². The largest absolute Gasteiger partial charge is 0.512 e. The lowest BCUT2D eigenvalue weighted by molar-refractivity contribution is 0.397. The first-order valence-electron chi connectivity index (χ1n) is 5.14. The molecule has 1 aromatic rings. The van der Waals surface area contributed by atoms with Crippen LogP contribution in [0.2, 0.25) is 0 Å². The maximum atomic E-state index is 9.45. The van der Waals surface area contributed by atoms with Crippen LogP contribution in [0.3, 0.4) is 0 Å². The number of rotatable bonds is 0. The van der Waals surface area contributed by atoms with E-state index in [1.165, 1.54) is 0 Å². The van der Waals surface area contributed by atoms with Crippen LogP contribution in [0.15, 0.2) is 69.6 Å². The molecule has 16 heavy (non-hydrogen) atoms. The summed E-state index contributed by atoms with van der Waals surface area (Å²) in [4.78, 5) is 8.91. The molecule has 0 saturated carbocycles. The zero-order valence-corrected chi connectivity index (χ0v) is 8.59. The van der Waals surface area contributed by atoms with Gasteiger partial charge < -0.3 is 5.11 Å². The zero-order valence-electron chi connectivity index (χ0n) is 8.59. The molecule has 1 heterocycles. The molecule has 0 aromatic heterocycles. The molecule has 0 radical (unpaired) electrons. The minimum Gasteiger partial charge on any atom is -0.512 e. The topological polar surface area (TPSA) is 45.0 Å². The van der Waals surface area contributed by atoms with Crippen molar-refractivity contribution in [2.75, 3.05) is 0 Å². The number of para-hydroxylation sites is 2. The van der Waals surface area contributed by atoms with Gasteiger partial charge in [-0.1, -0.05) is 12.1 Å². The van der Waals surface area contributed by atoms with E-state index in [0.29, 0.717) is 12.2 Å². The van der Waals surface area contributed by atoms with Gasteiger partial charge in [-0.3, -0.25) is 4.99 Å². The molecule has 3 nitrogen and oxygen atoms in total. The highest BCUT2D eigenvalue weighted by Crippen LogP contribution is 2.24. The first-order chi connectivity index (χ1) is 7.83. The number of hydrogen-bond acceptors (Lipinski definition) is 3. The summed E-state index contributed by atoms with van der Waals surface area (Å²) in [7, 11) is 0. The molecule has 0 spiro atoms. The van der Waals surface area contributed by atoms with Crippen molar-refractivity contribution in [3.05, 3.63) is 70.4 Å². The van der Waals surface area contributed by atoms with E-state index in [-0.39, 0.29) is 0 Å². The van der Waals surface area contributed by atoms with E-state index >= 15 is 0 Å². The van der Waals surface area contributed by atoms with Gasteiger partial charge in [0.1, 0.15) is 0 Å². The van der Waals surface area contributed by atoms with Gasteiger partial charge in [0.15, 0.2) is 0 Å². The van der Waals surface area contributed by atoms with Gasteiger partial charge in [-0.2, -0.15) is 0 Å². The number of fused-ring (bicyclic) bond motifs is 2. The molecule has 2 aliphatic rings. The number of aliphatic hydroxyl groups excluding tert-OH is 1. The number of nitrogens with zero attached hydrogens (tertiary/aromatic N) is 2. The molecule has 3 rings (SSSR count). The van der Waals surface area contributed by atoms with Gasteiger partial charge >= 0.3 is 0 Å². The van der Waals surface area contributed by atoms with Crippen LogP contribution in [0.4, 0.5) is 0 Å². The highest BCUT2D eigenvalue weighted by Gasteiger charge is 2.12. The Labute approximate surface area is 92.5 Å². The van der Waals surface area contributed by atoms with Crippen LogP contribution in [0.25, 0.3) is 0 Å². The van der Waals surface area contributed by atoms with Crippen LogP contribution >= 0.6 is 0 Å². The summed E-state index contributed by atoms with van der Waals surface area (Å²) in [5, 5.41) is 11.2. The molecule has 1 N–H and O–H groups in total. The van der Waals surface area contributed by atoms with E-state index in [1.54, 1.807) is 12.3 Å². The molecule has 0 bridgehead atoms. The second-order valence-corrected chi connectivity index (χ2v) is 3.77. The highest BCUT2D eigenvalue weighted by atomic mass is 16.3. The quantitative estimate of drug-likeness (QED) is 0.693. The Balaban J connectivity index is 2.27. The molecular formula is C13H10N2O. The Morgan fingerprint density at radius 1 is 1.06 bits per heavy atom. The predicted octanol–water partition coefficient (Wildman–Crippen LogP) is 1.55. The molecule has 0 unspecified atom stereocenters. The van der Waals surface area contributed by atoms with Crippen molar-refractivity contribution in [1.29, 1.82) is 0 Å². The summed E-state index contributed by atoms with van der Waals surface area (Å²) >= 11 is 0. The van der Waals surface area contributed by atoms with Crippen LogP contribution in [0.1, 0.15) is 6.42 Å². The standard InChI is InChI=1S/C13H10N2O/c16-10-5-6-11-9(7-10)8-14-12-3-1-2-4-13(12)15-11/h1-6,8,16H,7H2. The first-order valence-corrected chi connectivity index (χ1v) is 5.14. The van der Waals surface area contributed by atoms with Crippen molar-refractivity contribution < 1.29 is 5.11 Å². The van der Waals surface area contributed by atoms with Crippen LogP contribution in [-0.4, -0.2) is 5.11 Å². The van der Waals surface area contributed by atoms with E-state index in [1.807, 2.05) is 30.3 Å². The number of allylic oxidation sites excluding steroid dienone is 4. The summed E-state index contributed by atoms with van der Waals surface area (Å²) < 4.78 is 0. The van der Waals surface area contributed by atoms with Crippen molar-refractivity contribution >= 4 is 0 Å². The molecular weight excluding hydrogens is 200 g/mol. The summed E-state index contributed by atoms with van der Waals surface area (Å²) in [6, 6.07) is 7.75. The van der Waals surface area contributed by atoms with Crippen LogP contribution < -0.4 is 10.7 Å². The molecule has 1 aliphatic heterocycles. The van der Waals surface area contributed by atoms with Crippen molar-refractivity contribution in [2.45, 2.75) is 6.42 Å². The van der Waals surface area contributed by atoms with Crippen LogP contribution in [0, 0.1) is 0 Å². The van der Waals surface area contributed by atoms with Crippen molar-refractivity contribution in [3.63, 3.8) is 0 Å². The summed E-state index contributed by atoms with van der Waals surface area (Å²) in [5.74, 6) is 0.353. The Morgan fingerprint density at radius 2 is 1.88 bits per heavy atom. The van der Waals surface area contributed by atoms with E-state index in [4.69, 9.17) is 0 Å². The zero-order chi connectivity index (χ0) is 11.0. The summed E-state index contributed by atoms with van der Waals surface area (Å²) in [6.45, 7) is 0. The third-order valence-electron chi connectivity index (χ3n) is 2.62. The summed E-state index contributed by atoms with van der Waals surface area (Å²) in [5.41, 5.74) is 1.84. The van der Waals surface area contributed by atoms with Crippen molar-refractivity contribution in [2.24, 2.45) is 9.98 Å². The van der Waals surface area contributed by atoms with E-state index < -0.39 is 0 Å². The second-order valence-electron chi connectivity index (χ2n) is 3.77. The normalized spacial score (nSPS) is 17.6. The van der Waals surface area contributed by atoms with E-state index in [0.717, 1.165) is 22.0 Å². The van der Waals surface area contributed by atoms with Gasteiger partial charge in [-0.15, -0.1) is 0 Å². The number of hydrogen-bond donors (Lipinski definition) is 1. The molecule has 78 valence electrons. The Hall–Kier alpha value is -2.16. The molecule has 0 atom stereocenters.